The van der Waals surface area contributed by atoms with E-state index >= 15 is 0 Å². The lowest BCUT2D eigenvalue weighted by atomic mass is 10.1. The zero-order chi connectivity index (χ0) is 12.5. The molecule has 0 saturated carbocycles. The summed E-state index contributed by atoms with van der Waals surface area (Å²) in [4.78, 5) is 11.5. The third kappa shape index (κ3) is 2.68. The third-order valence-electron chi connectivity index (χ3n) is 1.68. The van der Waals surface area contributed by atoms with Crippen molar-refractivity contribution in [1.29, 1.82) is 0 Å². The van der Waals surface area contributed by atoms with E-state index in [0.29, 0.717) is 0 Å². The van der Waals surface area contributed by atoms with Gasteiger partial charge in [-0.15, -0.1) is 0 Å². The van der Waals surface area contributed by atoms with Crippen molar-refractivity contribution in [3.63, 3.8) is 0 Å². The van der Waals surface area contributed by atoms with Gasteiger partial charge in [-0.25, -0.2) is 13.6 Å². The molecule has 0 saturated heterocycles. The molecule has 16 heavy (non-hydrogen) atoms. The molecule has 0 radical (unpaired) electrons. The average Bonchev–Trinajstić information content (AvgIpc) is 2.09. The molecular formula is C11H12F2O3. The van der Waals surface area contributed by atoms with Crippen molar-refractivity contribution in [3.8, 4) is 5.75 Å². The molecule has 3 nitrogen and oxygen atoms in total. The predicted octanol–water partition coefficient (Wildman–Crippen LogP) is 2.63. The molecule has 0 unspecified atom stereocenters. The minimum Gasteiger partial charge on any atom is -0.507 e. The summed E-state index contributed by atoms with van der Waals surface area (Å²) in [5.41, 5.74) is -1.63. The summed E-state index contributed by atoms with van der Waals surface area (Å²) in [6, 6.07) is 1.64. The van der Waals surface area contributed by atoms with Gasteiger partial charge in [0.25, 0.3) is 0 Å². The monoisotopic (exact) mass is 230 g/mol. The smallest absolute Gasteiger partial charge is 0.345 e. The van der Waals surface area contributed by atoms with Crippen LogP contribution in [0.4, 0.5) is 8.78 Å². The van der Waals surface area contributed by atoms with Crippen LogP contribution in [0.3, 0.4) is 0 Å². The number of rotatable bonds is 1. The van der Waals surface area contributed by atoms with Gasteiger partial charge in [-0.05, 0) is 32.9 Å². The molecule has 0 amide bonds. The first-order valence-electron chi connectivity index (χ1n) is 4.62. The molecule has 5 heteroatoms. The third-order valence-corrected chi connectivity index (χ3v) is 1.68. The van der Waals surface area contributed by atoms with Crippen LogP contribution in [0.5, 0.6) is 5.75 Å². The second-order valence-electron chi connectivity index (χ2n) is 4.26. The molecular weight excluding hydrogens is 218 g/mol. The Balaban J connectivity index is 3.14. The van der Waals surface area contributed by atoms with Crippen molar-refractivity contribution in [2.75, 3.05) is 0 Å². The zero-order valence-electron chi connectivity index (χ0n) is 9.17. The Hall–Kier alpha value is -1.65. The highest BCUT2D eigenvalue weighted by Crippen LogP contribution is 2.25. The van der Waals surface area contributed by atoms with E-state index in [1.807, 2.05) is 0 Å². The molecule has 1 N–H and O–H groups in total. The fraction of sp³-hybridized carbons (Fsp3) is 0.364. The van der Waals surface area contributed by atoms with Gasteiger partial charge in [0.15, 0.2) is 11.6 Å². The van der Waals surface area contributed by atoms with Gasteiger partial charge in [-0.2, -0.15) is 0 Å². The van der Waals surface area contributed by atoms with Crippen LogP contribution in [0.25, 0.3) is 0 Å². The first-order valence-corrected chi connectivity index (χ1v) is 4.62. The van der Waals surface area contributed by atoms with Gasteiger partial charge in [0.1, 0.15) is 16.9 Å². The van der Waals surface area contributed by atoms with E-state index in [-0.39, 0.29) is 0 Å². The number of hydrogen-bond donors (Lipinski definition) is 1. The first kappa shape index (κ1) is 12.4. The molecule has 0 aliphatic rings. The Morgan fingerprint density at radius 2 is 1.88 bits per heavy atom. The van der Waals surface area contributed by atoms with Crippen molar-refractivity contribution < 1.29 is 23.4 Å². The van der Waals surface area contributed by atoms with Gasteiger partial charge in [0, 0.05) is 0 Å². The van der Waals surface area contributed by atoms with Crippen LogP contribution < -0.4 is 0 Å². The predicted molar refractivity (Wildman–Crippen MR) is 53.2 cm³/mol. The van der Waals surface area contributed by atoms with E-state index in [2.05, 4.69) is 0 Å². The largest absolute Gasteiger partial charge is 0.507 e. The summed E-state index contributed by atoms with van der Waals surface area (Å²) in [5, 5.41) is 9.28. The topological polar surface area (TPSA) is 46.5 Å². The number of halogens is 2. The molecule has 1 aromatic carbocycles. The van der Waals surface area contributed by atoms with Crippen molar-refractivity contribution in [2.24, 2.45) is 0 Å². The maximum atomic E-state index is 13.3. The van der Waals surface area contributed by atoms with E-state index in [1.165, 1.54) is 0 Å². The van der Waals surface area contributed by atoms with E-state index in [9.17, 15) is 18.7 Å². The van der Waals surface area contributed by atoms with Gasteiger partial charge in [0.05, 0.1) is 0 Å². The maximum absolute atomic E-state index is 13.3. The first-order chi connectivity index (χ1) is 7.22. The number of hydrogen-bond acceptors (Lipinski definition) is 3. The van der Waals surface area contributed by atoms with E-state index in [1.54, 1.807) is 20.8 Å². The number of benzene rings is 1. The normalized spacial score (nSPS) is 11.3. The van der Waals surface area contributed by atoms with E-state index < -0.39 is 34.5 Å². The summed E-state index contributed by atoms with van der Waals surface area (Å²) in [5.74, 6) is -4.36. The van der Waals surface area contributed by atoms with Crippen LogP contribution in [0.1, 0.15) is 31.1 Å². The molecule has 0 spiro atoms. The SMILES string of the molecule is CC(C)(C)OC(=O)c1c(O)ccc(F)c1F. The van der Waals surface area contributed by atoms with Crippen LogP contribution in [-0.4, -0.2) is 16.7 Å². The number of phenols is 1. The highest BCUT2D eigenvalue weighted by molar-refractivity contribution is 5.92. The number of esters is 1. The fourth-order valence-corrected chi connectivity index (χ4v) is 1.06. The van der Waals surface area contributed by atoms with Crippen LogP contribution in [0.2, 0.25) is 0 Å². The molecule has 0 aromatic heterocycles. The minimum atomic E-state index is -1.41. The standard InChI is InChI=1S/C11H12F2O3/c1-11(2,3)16-10(15)8-7(14)5-4-6(12)9(8)13/h4-5,14H,1-3H3. The number of ether oxygens (including phenoxy) is 1. The second-order valence-corrected chi connectivity index (χ2v) is 4.26. The maximum Gasteiger partial charge on any atom is 0.345 e. The summed E-state index contributed by atoms with van der Waals surface area (Å²) in [7, 11) is 0. The van der Waals surface area contributed by atoms with Crippen molar-refractivity contribution >= 4 is 5.97 Å². The molecule has 0 fully saturated rings. The van der Waals surface area contributed by atoms with Gasteiger partial charge < -0.3 is 9.84 Å². The lowest BCUT2D eigenvalue weighted by Gasteiger charge is -2.19. The van der Waals surface area contributed by atoms with Crippen LogP contribution >= 0.6 is 0 Å². The van der Waals surface area contributed by atoms with Crippen LogP contribution in [0, 0.1) is 11.6 Å². The minimum absolute atomic E-state index is 0.645. The Labute approximate surface area is 91.7 Å². The van der Waals surface area contributed by atoms with Gasteiger partial charge in [-0.1, -0.05) is 0 Å². The van der Waals surface area contributed by atoms with Gasteiger partial charge in [-0.3, -0.25) is 0 Å². The highest BCUT2D eigenvalue weighted by atomic mass is 19.2. The second kappa shape index (κ2) is 4.08. The average molecular weight is 230 g/mol. The van der Waals surface area contributed by atoms with E-state index in [4.69, 9.17) is 4.74 Å². The Kier molecular flexibility index (Phi) is 3.16. The number of aromatic hydroxyl groups is 1. The summed E-state index contributed by atoms with van der Waals surface area (Å²) in [6.45, 7) is 4.75. The molecule has 1 aromatic rings. The molecule has 0 heterocycles. The molecule has 0 aliphatic carbocycles. The number of carbonyl (C=O) groups excluding carboxylic acids is 1. The number of carbonyl (C=O) groups is 1. The molecule has 1 rings (SSSR count). The Morgan fingerprint density at radius 3 is 2.38 bits per heavy atom. The molecule has 88 valence electrons. The highest BCUT2D eigenvalue weighted by Gasteiger charge is 2.25. The van der Waals surface area contributed by atoms with Gasteiger partial charge >= 0.3 is 5.97 Å². The summed E-state index contributed by atoms with van der Waals surface area (Å²) < 4.78 is 30.9. The lowest BCUT2D eigenvalue weighted by Crippen LogP contribution is -2.24. The van der Waals surface area contributed by atoms with Crippen LogP contribution in [-0.2, 0) is 4.74 Å². The Morgan fingerprint density at radius 1 is 1.31 bits per heavy atom. The Bertz CT molecular complexity index is 422. The van der Waals surface area contributed by atoms with E-state index in [0.717, 1.165) is 12.1 Å². The van der Waals surface area contributed by atoms with Gasteiger partial charge in [0.2, 0.25) is 0 Å². The summed E-state index contributed by atoms with van der Waals surface area (Å²) >= 11 is 0. The molecule has 0 bridgehead atoms. The quantitative estimate of drug-likeness (QED) is 0.754. The van der Waals surface area contributed by atoms with Crippen molar-refractivity contribution in [2.45, 2.75) is 26.4 Å². The van der Waals surface area contributed by atoms with Crippen molar-refractivity contribution in [3.05, 3.63) is 29.3 Å². The molecule has 0 atom stereocenters. The lowest BCUT2D eigenvalue weighted by molar-refractivity contribution is 0.00607. The summed E-state index contributed by atoms with van der Waals surface area (Å²) in [6.07, 6.45) is 0. The fourth-order valence-electron chi connectivity index (χ4n) is 1.06. The zero-order valence-corrected chi connectivity index (χ0v) is 9.17. The molecule has 0 aliphatic heterocycles. The van der Waals surface area contributed by atoms with Crippen molar-refractivity contribution in [1.82, 2.24) is 0 Å². The number of phenolic OH excluding ortho intramolecular Hbond substituents is 1. The van der Waals surface area contributed by atoms with Crippen LogP contribution in [0.15, 0.2) is 12.1 Å².